The second-order valence-corrected chi connectivity index (χ2v) is 3.67. The molecule has 7 heteroatoms. The lowest BCUT2D eigenvalue weighted by molar-refractivity contribution is -0.384. The van der Waals surface area contributed by atoms with Crippen molar-refractivity contribution in [1.82, 2.24) is 15.5 Å². The lowest BCUT2D eigenvalue weighted by Crippen LogP contribution is -2.10. The number of aromatic nitrogens is 2. The van der Waals surface area contributed by atoms with Gasteiger partial charge in [0.05, 0.1) is 4.92 Å². The van der Waals surface area contributed by atoms with Crippen molar-refractivity contribution in [3.8, 4) is 11.4 Å². The van der Waals surface area contributed by atoms with Crippen molar-refractivity contribution in [2.45, 2.75) is 6.42 Å². The highest BCUT2D eigenvalue weighted by atomic mass is 16.6. The van der Waals surface area contributed by atoms with E-state index in [1.54, 1.807) is 12.1 Å². The molecule has 1 aromatic heterocycles. The van der Waals surface area contributed by atoms with E-state index in [-0.39, 0.29) is 5.69 Å². The minimum Gasteiger partial charge on any atom is -0.339 e. The summed E-state index contributed by atoms with van der Waals surface area (Å²) in [6.45, 7) is 0.752. The van der Waals surface area contributed by atoms with Crippen molar-refractivity contribution >= 4 is 5.69 Å². The third-order valence-corrected chi connectivity index (χ3v) is 2.39. The summed E-state index contributed by atoms with van der Waals surface area (Å²) in [4.78, 5) is 14.3. The van der Waals surface area contributed by atoms with Crippen molar-refractivity contribution in [2.24, 2.45) is 0 Å². The Hall–Kier alpha value is -2.28. The van der Waals surface area contributed by atoms with Gasteiger partial charge in [-0.05, 0) is 19.2 Å². The molecule has 0 aliphatic carbocycles. The molecule has 0 unspecified atom stereocenters. The zero-order chi connectivity index (χ0) is 13.0. The first-order chi connectivity index (χ1) is 8.70. The molecule has 0 fully saturated rings. The van der Waals surface area contributed by atoms with Gasteiger partial charge in [0.15, 0.2) is 0 Å². The molecular formula is C11H12N4O3. The van der Waals surface area contributed by atoms with Crippen molar-refractivity contribution in [3.63, 3.8) is 0 Å². The molecule has 1 heterocycles. The van der Waals surface area contributed by atoms with E-state index in [4.69, 9.17) is 4.52 Å². The van der Waals surface area contributed by atoms with E-state index in [9.17, 15) is 10.1 Å². The number of benzene rings is 1. The zero-order valence-corrected chi connectivity index (χ0v) is 9.79. The van der Waals surface area contributed by atoms with Gasteiger partial charge in [0, 0.05) is 30.7 Å². The zero-order valence-electron chi connectivity index (χ0n) is 9.79. The molecule has 0 saturated heterocycles. The summed E-state index contributed by atoms with van der Waals surface area (Å²) in [5.74, 6) is 0.980. The predicted molar refractivity (Wildman–Crippen MR) is 64.0 cm³/mol. The number of nitro groups is 1. The summed E-state index contributed by atoms with van der Waals surface area (Å²) in [6, 6.07) is 6.04. The highest BCUT2D eigenvalue weighted by Gasteiger charge is 2.10. The van der Waals surface area contributed by atoms with Gasteiger partial charge in [-0.1, -0.05) is 5.16 Å². The Labute approximate surface area is 103 Å². The molecule has 1 aromatic carbocycles. The van der Waals surface area contributed by atoms with Gasteiger partial charge in [-0.15, -0.1) is 0 Å². The van der Waals surface area contributed by atoms with Gasteiger partial charge in [0.25, 0.3) is 5.69 Å². The Balaban J connectivity index is 2.15. The van der Waals surface area contributed by atoms with Crippen molar-refractivity contribution in [2.75, 3.05) is 13.6 Å². The molecule has 0 radical (unpaired) electrons. The maximum absolute atomic E-state index is 10.5. The number of nitrogens with one attached hydrogen (secondary N) is 1. The van der Waals surface area contributed by atoms with Crippen LogP contribution in [0.25, 0.3) is 11.4 Å². The summed E-state index contributed by atoms with van der Waals surface area (Å²) in [6.07, 6.45) is 0.649. The van der Waals surface area contributed by atoms with Crippen molar-refractivity contribution in [1.29, 1.82) is 0 Å². The van der Waals surface area contributed by atoms with Gasteiger partial charge in [-0.3, -0.25) is 10.1 Å². The molecule has 2 aromatic rings. The number of hydrogen-bond donors (Lipinski definition) is 1. The fraction of sp³-hybridized carbons (Fsp3) is 0.273. The van der Waals surface area contributed by atoms with Crippen molar-refractivity contribution in [3.05, 3.63) is 40.3 Å². The molecule has 0 aliphatic heterocycles. The molecule has 18 heavy (non-hydrogen) atoms. The van der Waals surface area contributed by atoms with Gasteiger partial charge < -0.3 is 9.84 Å². The molecule has 0 saturated carbocycles. The van der Waals surface area contributed by atoms with Gasteiger partial charge in [0.1, 0.15) is 0 Å². The summed E-state index contributed by atoms with van der Waals surface area (Å²) in [5.41, 5.74) is 0.734. The SMILES string of the molecule is CNCCc1nc(-c2ccc([N+](=O)[O-])cc2)no1. The first kappa shape index (κ1) is 12.2. The second-order valence-electron chi connectivity index (χ2n) is 3.67. The molecule has 0 atom stereocenters. The Morgan fingerprint density at radius 2 is 2.11 bits per heavy atom. The second kappa shape index (κ2) is 5.37. The maximum atomic E-state index is 10.5. The van der Waals surface area contributed by atoms with E-state index >= 15 is 0 Å². The van der Waals surface area contributed by atoms with Crippen LogP contribution in [0.15, 0.2) is 28.8 Å². The number of non-ortho nitro benzene ring substituents is 1. The molecule has 0 amide bonds. The lowest BCUT2D eigenvalue weighted by Gasteiger charge is -1.94. The average molecular weight is 248 g/mol. The molecule has 0 bridgehead atoms. The van der Waals surface area contributed by atoms with Crippen LogP contribution in [0, 0.1) is 10.1 Å². The molecule has 94 valence electrons. The highest BCUT2D eigenvalue weighted by molar-refractivity contribution is 5.56. The van der Waals surface area contributed by atoms with Gasteiger partial charge in [-0.2, -0.15) is 4.98 Å². The minimum absolute atomic E-state index is 0.0395. The molecule has 2 rings (SSSR count). The van der Waals surface area contributed by atoms with E-state index in [1.165, 1.54) is 12.1 Å². The standard InChI is InChI=1S/C11H12N4O3/c1-12-7-6-10-13-11(14-18-10)8-2-4-9(5-3-8)15(16)17/h2-5,12H,6-7H2,1H3. The number of rotatable bonds is 5. The molecule has 7 nitrogen and oxygen atoms in total. The Morgan fingerprint density at radius 3 is 2.72 bits per heavy atom. The lowest BCUT2D eigenvalue weighted by atomic mass is 10.2. The molecule has 1 N–H and O–H groups in total. The largest absolute Gasteiger partial charge is 0.339 e. The van der Waals surface area contributed by atoms with Gasteiger partial charge >= 0.3 is 0 Å². The van der Waals surface area contributed by atoms with Crippen LogP contribution in [0.2, 0.25) is 0 Å². The highest BCUT2D eigenvalue weighted by Crippen LogP contribution is 2.19. The van der Waals surface area contributed by atoms with Gasteiger partial charge in [-0.25, -0.2) is 0 Å². The fourth-order valence-electron chi connectivity index (χ4n) is 1.44. The van der Waals surface area contributed by atoms with Crippen LogP contribution in [0.3, 0.4) is 0 Å². The molecular weight excluding hydrogens is 236 g/mol. The predicted octanol–water partition coefficient (Wildman–Crippen LogP) is 1.41. The number of nitrogens with zero attached hydrogens (tertiary/aromatic N) is 3. The monoisotopic (exact) mass is 248 g/mol. The van der Waals surface area contributed by atoms with Crippen LogP contribution >= 0.6 is 0 Å². The van der Waals surface area contributed by atoms with Crippen LogP contribution in [0.5, 0.6) is 0 Å². The van der Waals surface area contributed by atoms with E-state index in [0.29, 0.717) is 23.7 Å². The first-order valence-corrected chi connectivity index (χ1v) is 5.42. The number of hydrogen-bond acceptors (Lipinski definition) is 6. The Morgan fingerprint density at radius 1 is 1.39 bits per heavy atom. The van der Waals surface area contributed by atoms with Crippen LogP contribution in [0.1, 0.15) is 5.89 Å². The smallest absolute Gasteiger partial charge is 0.269 e. The first-order valence-electron chi connectivity index (χ1n) is 5.42. The van der Waals surface area contributed by atoms with Crippen LogP contribution in [-0.2, 0) is 6.42 Å². The van der Waals surface area contributed by atoms with Crippen LogP contribution < -0.4 is 5.32 Å². The van der Waals surface area contributed by atoms with Crippen LogP contribution in [0.4, 0.5) is 5.69 Å². The quantitative estimate of drug-likeness (QED) is 0.635. The maximum Gasteiger partial charge on any atom is 0.269 e. The van der Waals surface area contributed by atoms with E-state index < -0.39 is 4.92 Å². The van der Waals surface area contributed by atoms with E-state index in [2.05, 4.69) is 15.5 Å². The third kappa shape index (κ3) is 2.69. The van der Waals surface area contributed by atoms with E-state index in [0.717, 1.165) is 6.54 Å². The third-order valence-electron chi connectivity index (χ3n) is 2.39. The minimum atomic E-state index is -0.446. The van der Waals surface area contributed by atoms with E-state index in [1.807, 2.05) is 7.05 Å². The summed E-state index contributed by atoms with van der Waals surface area (Å²) >= 11 is 0. The normalized spacial score (nSPS) is 10.5. The molecule has 0 aliphatic rings. The van der Waals surface area contributed by atoms with Crippen LogP contribution in [-0.4, -0.2) is 28.7 Å². The summed E-state index contributed by atoms with van der Waals surface area (Å²) < 4.78 is 5.06. The summed E-state index contributed by atoms with van der Waals surface area (Å²) in [5, 5.41) is 17.3. The number of likely N-dealkylation sites (N-methyl/N-ethyl adjacent to an activating group) is 1. The Kier molecular flexibility index (Phi) is 3.63. The fourth-order valence-corrected chi connectivity index (χ4v) is 1.44. The van der Waals surface area contributed by atoms with Crippen molar-refractivity contribution < 1.29 is 9.45 Å². The number of nitro benzene ring substituents is 1. The molecule has 0 spiro atoms. The topological polar surface area (TPSA) is 94.1 Å². The summed E-state index contributed by atoms with van der Waals surface area (Å²) in [7, 11) is 1.84. The average Bonchev–Trinajstić information content (AvgIpc) is 2.85. The Bertz CT molecular complexity index is 535. The van der Waals surface area contributed by atoms with Gasteiger partial charge in [0.2, 0.25) is 11.7 Å².